The van der Waals surface area contributed by atoms with Gasteiger partial charge in [-0.15, -0.1) is 0 Å². The molecule has 0 saturated heterocycles. The standard InChI is InChI=1S/C23H21F2N3O2/c24-16-9-10-21(18(25)13-16)28-20-8-4-7-19(17(20)14-26-28)27-23(30)12-11-22(29)15-5-2-1-3-6-15/h1-3,5-6,9-10,13-14,19H,4,7-8,11-12H2,(H,27,30)/t19-/m0/s1. The molecule has 0 unspecified atom stereocenters. The average molecular weight is 409 g/mol. The van der Waals surface area contributed by atoms with Crippen LogP contribution in [0, 0.1) is 11.6 Å². The Morgan fingerprint density at radius 2 is 1.90 bits per heavy atom. The normalized spacial score (nSPS) is 15.5. The summed E-state index contributed by atoms with van der Waals surface area (Å²) in [4.78, 5) is 24.6. The lowest BCUT2D eigenvalue weighted by atomic mass is 9.92. The van der Waals surface area contributed by atoms with E-state index in [2.05, 4.69) is 10.4 Å². The van der Waals surface area contributed by atoms with Crippen LogP contribution < -0.4 is 5.32 Å². The maximum Gasteiger partial charge on any atom is 0.220 e. The molecule has 154 valence electrons. The molecule has 7 heteroatoms. The van der Waals surface area contributed by atoms with Crippen molar-refractivity contribution < 1.29 is 18.4 Å². The zero-order valence-electron chi connectivity index (χ0n) is 16.3. The van der Waals surface area contributed by atoms with Crippen LogP contribution in [0.1, 0.15) is 53.3 Å². The number of carbonyl (C=O) groups is 2. The number of nitrogens with zero attached hydrogens (tertiary/aromatic N) is 2. The van der Waals surface area contributed by atoms with Gasteiger partial charge in [-0.05, 0) is 31.4 Å². The van der Waals surface area contributed by atoms with E-state index in [1.165, 1.54) is 16.8 Å². The minimum absolute atomic E-state index is 0.0744. The van der Waals surface area contributed by atoms with Crippen molar-refractivity contribution in [3.8, 4) is 5.69 Å². The summed E-state index contributed by atoms with van der Waals surface area (Å²) in [5.74, 6) is -1.62. The summed E-state index contributed by atoms with van der Waals surface area (Å²) in [6.45, 7) is 0. The summed E-state index contributed by atoms with van der Waals surface area (Å²) < 4.78 is 28.9. The van der Waals surface area contributed by atoms with E-state index in [1.54, 1.807) is 30.5 Å². The van der Waals surface area contributed by atoms with E-state index in [0.29, 0.717) is 12.0 Å². The Morgan fingerprint density at radius 1 is 1.10 bits per heavy atom. The van der Waals surface area contributed by atoms with Crippen LogP contribution in [-0.4, -0.2) is 21.5 Å². The topological polar surface area (TPSA) is 64.0 Å². The van der Waals surface area contributed by atoms with E-state index in [4.69, 9.17) is 0 Å². The van der Waals surface area contributed by atoms with Crippen molar-refractivity contribution in [3.63, 3.8) is 0 Å². The second kappa shape index (κ2) is 8.57. The number of nitrogens with one attached hydrogen (secondary N) is 1. The van der Waals surface area contributed by atoms with Gasteiger partial charge in [0.25, 0.3) is 0 Å². The Hall–Kier alpha value is -3.35. The van der Waals surface area contributed by atoms with Crippen LogP contribution >= 0.6 is 0 Å². The Balaban J connectivity index is 1.44. The maximum atomic E-state index is 14.2. The van der Waals surface area contributed by atoms with Gasteiger partial charge in [-0.1, -0.05) is 30.3 Å². The minimum Gasteiger partial charge on any atom is -0.349 e. The molecule has 0 radical (unpaired) electrons. The quantitative estimate of drug-likeness (QED) is 0.617. The van der Waals surface area contributed by atoms with Crippen molar-refractivity contribution in [2.75, 3.05) is 0 Å². The number of hydrogen-bond acceptors (Lipinski definition) is 3. The molecule has 5 nitrogen and oxygen atoms in total. The second-order valence-corrected chi connectivity index (χ2v) is 7.36. The highest BCUT2D eigenvalue weighted by Crippen LogP contribution is 2.31. The molecular formula is C23H21F2N3O2. The lowest BCUT2D eigenvalue weighted by molar-refractivity contribution is -0.121. The molecule has 3 aromatic rings. The Labute approximate surface area is 172 Å². The highest BCUT2D eigenvalue weighted by molar-refractivity contribution is 5.97. The largest absolute Gasteiger partial charge is 0.349 e. The number of carbonyl (C=O) groups excluding carboxylic acids is 2. The molecule has 1 amide bonds. The van der Waals surface area contributed by atoms with E-state index in [-0.39, 0.29) is 36.3 Å². The zero-order chi connectivity index (χ0) is 21.1. The SMILES string of the molecule is O=C(CCC(=O)c1ccccc1)N[C@H]1CCCc2c1cnn2-c1ccc(F)cc1F. The first-order valence-electron chi connectivity index (χ1n) is 9.93. The van der Waals surface area contributed by atoms with Crippen molar-refractivity contribution in [3.05, 3.63) is 83.2 Å². The van der Waals surface area contributed by atoms with Gasteiger partial charge in [0.05, 0.1) is 12.2 Å². The number of amides is 1. The summed E-state index contributed by atoms with van der Waals surface area (Å²) >= 11 is 0. The Kier molecular flexibility index (Phi) is 5.70. The third kappa shape index (κ3) is 4.15. The fourth-order valence-corrected chi connectivity index (χ4v) is 3.83. The van der Waals surface area contributed by atoms with E-state index in [0.717, 1.165) is 30.2 Å². The van der Waals surface area contributed by atoms with Gasteiger partial charge in [0.1, 0.15) is 11.5 Å². The monoisotopic (exact) mass is 409 g/mol. The van der Waals surface area contributed by atoms with Crippen molar-refractivity contribution in [2.45, 2.75) is 38.1 Å². The van der Waals surface area contributed by atoms with Crippen LogP contribution in [0.2, 0.25) is 0 Å². The number of ketones is 1. The van der Waals surface area contributed by atoms with Crippen LogP contribution in [0.3, 0.4) is 0 Å². The molecule has 1 atom stereocenters. The summed E-state index contributed by atoms with van der Waals surface area (Å²) in [6, 6.07) is 12.0. The highest BCUT2D eigenvalue weighted by atomic mass is 19.1. The number of halogens is 2. The second-order valence-electron chi connectivity index (χ2n) is 7.36. The number of Topliss-reactive ketones (excluding diaryl/α,β-unsaturated/α-hetero) is 1. The van der Waals surface area contributed by atoms with Gasteiger partial charge in [0.2, 0.25) is 5.91 Å². The van der Waals surface area contributed by atoms with Crippen LogP contribution in [0.5, 0.6) is 0 Å². The van der Waals surface area contributed by atoms with Crippen molar-refractivity contribution in [2.24, 2.45) is 0 Å². The number of hydrogen-bond donors (Lipinski definition) is 1. The van der Waals surface area contributed by atoms with E-state index in [9.17, 15) is 18.4 Å². The molecule has 0 spiro atoms. The molecule has 2 aromatic carbocycles. The Bertz CT molecular complexity index is 1080. The number of benzene rings is 2. The summed E-state index contributed by atoms with van der Waals surface area (Å²) in [5.41, 5.74) is 2.40. The summed E-state index contributed by atoms with van der Waals surface area (Å²) in [6.07, 6.45) is 4.08. The molecular weight excluding hydrogens is 388 g/mol. The molecule has 1 aliphatic carbocycles. The fourth-order valence-electron chi connectivity index (χ4n) is 3.83. The van der Waals surface area contributed by atoms with Gasteiger partial charge >= 0.3 is 0 Å². The van der Waals surface area contributed by atoms with Crippen LogP contribution in [0.15, 0.2) is 54.7 Å². The van der Waals surface area contributed by atoms with Gasteiger partial charge in [0.15, 0.2) is 11.6 Å². The lowest BCUT2D eigenvalue weighted by Gasteiger charge is -2.24. The number of aromatic nitrogens is 2. The zero-order valence-corrected chi connectivity index (χ0v) is 16.3. The Morgan fingerprint density at radius 3 is 2.67 bits per heavy atom. The summed E-state index contributed by atoms with van der Waals surface area (Å²) in [5, 5.41) is 7.25. The van der Waals surface area contributed by atoms with Gasteiger partial charge < -0.3 is 5.32 Å². The molecule has 1 heterocycles. The van der Waals surface area contributed by atoms with E-state index < -0.39 is 11.6 Å². The molecule has 30 heavy (non-hydrogen) atoms. The predicted molar refractivity (Wildman–Crippen MR) is 107 cm³/mol. The van der Waals surface area contributed by atoms with Crippen LogP contribution in [0.4, 0.5) is 8.78 Å². The van der Waals surface area contributed by atoms with Crippen molar-refractivity contribution in [1.82, 2.24) is 15.1 Å². The third-order valence-electron chi connectivity index (χ3n) is 5.33. The molecule has 0 bridgehead atoms. The summed E-state index contributed by atoms with van der Waals surface area (Å²) in [7, 11) is 0. The van der Waals surface area contributed by atoms with Gasteiger partial charge in [-0.2, -0.15) is 5.10 Å². The van der Waals surface area contributed by atoms with E-state index >= 15 is 0 Å². The molecule has 1 aliphatic rings. The fraction of sp³-hybridized carbons (Fsp3) is 0.261. The van der Waals surface area contributed by atoms with Crippen LogP contribution in [0.25, 0.3) is 5.69 Å². The molecule has 4 rings (SSSR count). The number of fused-ring (bicyclic) bond motifs is 1. The average Bonchev–Trinajstić information content (AvgIpc) is 3.17. The van der Waals surface area contributed by atoms with Crippen molar-refractivity contribution >= 4 is 11.7 Å². The van der Waals surface area contributed by atoms with Gasteiger partial charge in [-0.3, -0.25) is 9.59 Å². The van der Waals surface area contributed by atoms with Crippen LogP contribution in [-0.2, 0) is 11.2 Å². The van der Waals surface area contributed by atoms with Gasteiger partial charge in [0, 0.05) is 35.7 Å². The first kappa shape index (κ1) is 19.9. The molecule has 0 saturated carbocycles. The molecule has 1 aromatic heterocycles. The first-order valence-corrected chi connectivity index (χ1v) is 9.93. The molecule has 0 fully saturated rings. The maximum absolute atomic E-state index is 14.2. The highest BCUT2D eigenvalue weighted by Gasteiger charge is 2.27. The van der Waals surface area contributed by atoms with Crippen molar-refractivity contribution in [1.29, 1.82) is 0 Å². The molecule has 1 N–H and O–H groups in total. The third-order valence-corrected chi connectivity index (χ3v) is 5.33. The number of rotatable bonds is 6. The molecule has 0 aliphatic heterocycles. The predicted octanol–water partition coefficient (Wildman–Crippen LogP) is 4.31. The first-order chi connectivity index (χ1) is 14.5. The van der Waals surface area contributed by atoms with Gasteiger partial charge in [-0.25, -0.2) is 13.5 Å². The lowest BCUT2D eigenvalue weighted by Crippen LogP contribution is -2.31. The minimum atomic E-state index is -0.688. The smallest absolute Gasteiger partial charge is 0.220 e. The van der Waals surface area contributed by atoms with E-state index in [1.807, 2.05) is 6.07 Å².